The molecule has 0 aliphatic rings. The predicted molar refractivity (Wildman–Crippen MR) is 71.0 cm³/mol. The number of imidazole rings is 1. The molecule has 0 aliphatic carbocycles. The van der Waals surface area contributed by atoms with Crippen molar-refractivity contribution in [1.29, 1.82) is 0 Å². The zero-order valence-electron chi connectivity index (χ0n) is 10.3. The van der Waals surface area contributed by atoms with Gasteiger partial charge in [-0.15, -0.1) is 0 Å². The van der Waals surface area contributed by atoms with Gasteiger partial charge in [0.15, 0.2) is 0 Å². The number of nitrogens with zero attached hydrogens (tertiary/aromatic N) is 2. The van der Waals surface area contributed by atoms with Crippen LogP contribution in [0.25, 0.3) is 11.0 Å². The largest absolute Gasteiger partial charge is 0.331 e. The topological polar surface area (TPSA) is 55.9 Å². The molecule has 0 amide bonds. The van der Waals surface area contributed by atoms with E-state index >= 15 is 0 Å². The minimum Gasteiger partial charge on any atom is -0.331 e. The van der Waals surface area contributed by atoms with Crippen molar-refractivity contribution in [3.63, 3.8) is 0 Å². The van der Waals surface area contributed by atoms with E-state index in [1.807, 2.05) is 6.07 Å². The first-order valence-electron chi connectivity index (χ1n) is 6.14. The van der Waals surface area contributed by atoms with Gasteiger partial charge in [0.25, 0.3) is 0 Å². The number of aromatic nitrogens is 2. The molecule has 0 unspecified atom stereocenters. The number of para-hydroxylation sites is 2. The third-order valence-electron chi connectivity index (χ3n) is 2.95. The highest BCUT2D eigenvalue weighted by atomic mass is 15.1. The molecule has 1 aromatic heterocycles. The van der Waals surface area contributed by atoms with Crippen LogP contribution in [0, 0.1) is 0 Å². The molecule has 0 bridgehead atoms. The fraction of sp³-hybridized carbons (Fsp3) is 0.462. The van der Waals surface area contributed by atoms with E-state index in [0.717, 1.165) is 37.3 Å². The molecule has 4 nitrogen and oxygen atoms in total. The number of hydrogen-bond acceptors (Lipinski definition) is 3. The van der Waals surface area contributed by atoms with Gasteiger partial charge in [0.1, 0.15) is 5.82 Å². The van der Waals surface area contributed by atoms with Gasteiger partial charge in [0.05, 0.1) is 11.0 Å². The summed E-state index contributed by atoms with van der Waals surface area (Å²) >= 11 is 0. The van der Waals surface area contributed by atoms with Crippen molar-refractivity contribution in [2.45, 2.75) is 12.8 Å². The third-order valence-corrected chi connectivity index (χ3v) is 2.95. The van der Waals surface area contributed by atoms with Gasteiger partial charge in [-0.2, -0.15) is 0 Å². The summed E-state index contributed by atoms with van der Waals surface area (Å²) in [6.45, 7) is 2.59. The maximum Gasteiger partial charge on any atom is 0.109 e. The van der Waals surface area contributed by atoms with Gasteiger partial charge in [-0.3, -0.25) is 0 Å². The number of nitrogens with one attached hydrogen (secondary N) is 1. The molecule has 0 spiro atoms. The average Bonchev–Trinajstić information content (AvgIpc) is 2.67. The Morgan fingerprint density at radius 2 is 2.12 bits per heavy atom. The molecule has 0 aliphatic heterocycles. The highest BCUT2D eigenvalue weighted by molar-refractivity contribution is 5.75. The van der Waals surface area contributed by atoms with Crippen molar-refractivity contribution < 1.29 is 0 Å². The minimum atomic E-state index is 0.701. The van der Waals surface area contributed by atoms with Gasteiger partial charge in [0, 0.05) is 26.6 Å². The summed E-state index contributed by atoms with van der Waals surface area (Å²) in [7, 11) is 2.08. The second-order valence-corrected chi connectivity index (χ2v) is 4.22. The van der Waals surface area contributed by atoms with Crippen molar-refractivity contribution in [2.24, 2.45) is 12.8 Å². The molecule has 0 atom stereocenters. The van der Waals surface area contributed by atoms with E-state index in [-0.39, 0.29) is 0 Å². The molecule has 0 radical (unpaired) electrons. The van der Waals surface area contributed by atoms with Gasteiger partial charge in [-0.25, -0.2) is 4.98 Å². The van der Waals surface area contributed by atoms with Gasteiger partial charge in [-0.1, -0.05) is 12.1 Å². The summed E-state index contributed by atoms with van der Waals surface area (Å²) in [5, 5.41) is 3.30. The third kappa shape index (κ3) is 2.84. The van der Waals surface area contributed by atoms with Crippen LogP contribution in [0.5, 0.6) is 0 Å². The Balaban J connectivity index is 1.97. The van der Waals surface area contributed by atoms with E-state index in [0.29, 0.717) is 6.54 Å². The summed E-state index contributed by atoms with van der Waals surface area (Å²) in [5.41, 5.74) is 7.71. The van der Waals surface area contributed by atoms with Crippen LogP contribution >= 0.6 is 0 Å². The standard InChI is InChI=1S/C13H20N4/c1-17-12-6-3-2-5-11(12)16-13(17)7-4-9-15-10-8-14/h2-3,5-6,15H,4,7-10,14H2,1H3. The summed E-state index contributed by atoms with van der Waals surface area (Å²) in [4.78, 5) is 4.64. The molecule has 0 fully saturated rings. The smallest absolute Gasteiger partial charge is 0.109 e. The van der Waals surface area contributed by atoms with E-state index < -0.39 is 0 Å². The molecular formula is C13H20N4. The molecule has 2 aromatic rings. The molecule has 92 valence electrons. The first kappa shape index (κ1) is 12.1. The summed E-state index contributed by atoms with van der Waals surface area (Å²) in [5.74, 6) is 1.15. The number of nitrogens with two attached hydrogens (primary N) is 1. The first-order valence-corrected chi connectivity index (χ1v) is 6.14. The molecule has 2 rings (SSSR count). The molecular weight excluding hydrogens is 212 g/mol. The monoisotopic (exact) mass is 232 g/mol. The first-order chi connectivity index (χ1) is 8.33. The molecule has 17 heavy (non-hydrogen) atoms. The fourth-order valence-corrected chi connectivity index (χ4v) is 2.02. The van der Waals surface area contributed by atoms with E-state index in [1.54, 1.807) is 0 Å². The Labute approximate surface area is 102 Å². The summed E-state index contributed by atoms with van der Waals surface area (Å²) in [6.07, 6.45) is 2.10. The number of rotatable bonds is 6. The van der Waals surface area contributed by atoms with Gasteiger partial charge in [0.2, 0.25) is 0 Å². The number of fused-ring (bicyclic) bond motifs is 1. The number of benzene rings is 1. The zero-order chi connectivity index (χ0) is 12.1. The van der Waals surface area contributed by atoms with Crippen LogP contribution in [0.4, 0.5) is 0 Å². The molecule has 0 saturated heterocycles. The molecule has 1 heterocycles. The van der Waals surface area contributed by atoms with Crippen molar-refractivity contribution in [2.75, 3.05) is 19.6 Å². The maximum absolute atomic E-state index is 5.42. The van der Waals surface area contributed by atoms with Crippen molar-refractivity contribution in [1.82, 2.24) is 14.9 Å². The Hall–Kier alpha value is -1.39. The van der Waals surface area contributed by atoms with E-state index in [9.17, 15) is 0 Å². The van der Waals surface area contributed by atoms with Crippen LogP contribution in [0.2, 0.25) is 0 Å². The SMILES string of the molecule is Cn1c(CCCNCCN)nc2ccccc21. The van der Waals surface area contributed by atoms with Gasteiger partial charge in [-0.05, 0) is 25.1 Å². The van der Waals surface area contributed by atoms with Crippen LogP contribution in [0.1, 0.15) is 12.2 Å². The van der Waals surface area contributed by atoms with Crippen LogP contribution in [0.3, 0.4) is 0 Å². The molecule has 3 N–H and O–H groups in total. The van der Waals surface area contributed by atoms with E-state index in [2.05, 4.69) is 40.1 Å². The Bertz CT molecular complexity index is 475. The lowest BCUT2D eigenvalue weighted by atomic mass is 10.3. The molecule has 0 saturated carbocycles. The van der Waals surface area contributed by atoms with Crippen LogP contribution in [0.15, 0.2) is 24.3 Å². The Morgan fingerprint density at radius 3 is 2.88 bits per heavy atom. The molecule has 1 aromatic carbocycles. The van der Waals surface area contributed by atoms with E-state index in [4.69, 9.17) is 5.73 Å². The van der Waals surface area contributed by atoms with Crippen LogP contribution in [-0.4, -0.2) is 29.2 Å². The Kier molecular flexibility index (Phi) is 4.12. The number of aryl methyl sites for hydroxylation is 2. The van der Waals surface area contributed by atoms with Gasteiger partial charge >= 0.3 is 0 Å². The highest BCUT2D eigenvalue weighted by Crippen LogP contribution is 2.14. The Morgan fingerprint density at radius 1 is 1.29 bits per heavy atom. The minimum absolute atomic E-state index is 0.701. The number of hydrogen-bond donors (Lipinski definition) is 2. The summed E-state index contributed by atoms with van der Waals surface area (Å²) in [6, 6.07) is 8.25. The normalized spacial score (nSPS) is 11.2. The fourth-order valence-electron chi connectivity index (χ4n) is 2.02. The highest BCUT2D eigenvalue weighted by Gasteiger charge is 2.05. The average molecular weight is 232 g/mol. The molecule has 4 heteroatoms. The lowest BCUT2D eigenvalue weighted by molar-refractivity contribution is 0.635. The lowest BCUT2D eigenvalue weighted by Crippen LogP contribution is -2.23. The second kappa shape index (κ2) is 5.80. The predicted octanol–water partition coefficient (Wildman–Crippen LogP) is 1.05. The van der Waals surface area contributed by atoms with Crippen LogP contribution < -0.4 is 11.1 Å². The van der Waals surface area contributed by atoms with E-state index in [1.165, 1.54) is 5.52 Å². The van der Waals surface area contributed by atoms with Crippen LogP contribution in [-0.2, 0) is 13.5 Å². The maximum atomic E-state index is 5.42. The lowest BCUT2D eigenvalue weighted by Gasteiger charge is -2.03. The van der Waals surface area contributed by atoms with Crippen molar-refractivity contribution in [3.8, 4) is 0 Å². The van der Waals surface area contributed by atoms with Crippen molar-refractivity contribution >= 4 is 11.0 Å². The second-order valence-electron chi connectivity index (χ2n) is 4.22. The summed E-state index contributed by atoms with van der Waals surface area (Å²) < 4.78 is 2.18. The van der Waals surface area contributed by atoms with Crippen molar-refractivity contribution in [3.05, 3.63) is 30.1 Å². The zero-order valence-corrected chi connectivity index (χ0v) is 10.3. The van der Waals surface area contributed by atoms with Gasteiger partial charge < -0.3 is 15.6 Å². The quantitative estimate of drug-likeness (QED) is 0.732.